The van der Waals surface area contributed by atoms with E-state index in [1.165, 1.54) is 32.7 Å². The predicted octanol–water partition coefficient (Wildman–Crippen LogP) is 5.92. The monoisotopic (exact) mass is 509 g/mol. The molecule has 1 aliphatic rings. The van der Waals surface area contributed by atoms with Crippen molar-refractivity contribution in [2.45, 2.75) is 31.9 Å². The largest absolute Gasteiger partial charge is 0.503 e. The number of halogens is 6. The standard InChI is InChI=1S/C14H9F6N5O.C10H12/c1-24(20)13-21-4-6-10(23-25(2)12(6)22-13)5-3-7(14(17,18)19)9(16)11(26)8(5)15;1-2-6-10-8-4-3-7-9(10)5-1/h3-4,26H,1-2H3;1-2,5-6H,3-4,7-8H2. The number of aryl methyl sites for hydroxylation is 3. The molecule has 0 spiro atoms. The third kappa shape index (κ3) is 4.79. The number of benzene rings is 2. The molecule has 1 aliphatic carbocycles. The van der Waals surface area contributed by atoms with Crippen molar-refractivity contribution in [1.29, 1.82) is 0 Å². The van der Waals surface area contributed by atoms with E-state index in [4.69, 9.17) is 0 Å². The number of rotatable bonds is 2. The second-order valence-corrected chi connectivity index (χ2v) is 8.28. The minimum atomic E-state index is -5.17. The van der Waals surface area contributed by atoms with Gasteiger partial charge in [-0.3, -0.25) is 0 Å². The first kappa shape index (κ1) is 25.3. The van der Waals surface area contributed by atoms with E-state index < -0.39 is 34.7 Å². The second kappa shape index (κ2) is 9.67. The smallest absolute Gasteiger partial charge is 0.419 e. The number of hydrogen-bond acceptors (Lipinski definition) is 5. The van der Waals surface area contributed by atoms with E-state index in [9.17, 15) is 31.5 Å². The van der Waals surface area contributed by atoms with Gasteiger partial charge in [0.1, 0.15) is 5.69 Å². The molecule has 36 heavy (non-hydrogen) atoms. The Kier molecular flexibility index (Phi) is 6.79. The van der Waals surface area contributed by atoms with Crippen molar-refractivity contribution < 1.29 is 31.5 Å². The van der Waals surface area contributed by atoms with Gasteiger partial charge in [0.05, 0.1) is 10.9 Å². The second-order valence-electron chi connectivity index (χ2n) is 8.28. The van der Waals surface area contributed by atoms with E-state index in [1.54, 1.807) is 11.1 Å². The predicted molar refractivity (Wildman–Crippen MR) is 121 cm³/mol. The van der Waals surface area contributed by atoms with Gasteiger partial charge in [-0.05, 0) is 42.9 Å². The van der Waals surface area contributed by atoms with E-state index >= 15 is 0 Å². The lowest BCUT2D eigenvalue weighted by Crippen LogP contribution is -2.10. The first-order valence-electron chi connectivity index (χ1n) is 10.9. The zero-order valence-corrected chi connectivity index (χ0v) is 19.2. The molecule has 12 heteroatoms. The summed E-state index contributed by atoms with van der Waals surface area (Å²) >= 11 is 0. The molecule has 0 bridgehead atoms. The van der Waals surface area contributed by atoms with Crippen LogP contribution in [0, 0.1) is 11.6 Å². The van der Waals surface area contributed by atoms with Gasteiger partial charge in [-0.1, -0.05) is 28.7 Å². The highest BCUT2D eigenvalue weighted by Crippen LogP contribution is 2.41. The van der Waals surface area contributed by atoms with Gasteiger partial charge in [0, 0.05) is 25.9 Å². The van der Waals surface area contributed by atoms with Gasteiger partial charge in [-0.25, -0.2) is 18.4 Å². The van der Waals surface area contributed by atoms with Crippen molar-refractivity contribution >= 4 is 17.0 Å². The molecule has 4 aromatic rings. The maximum atomic E-state index is 14.2. The molecule has 190 valence electrons. The average molecular weight is 509 g/mol. The van der Waals surface area contributed by atoms with Crippen LogP contribution in [0.15, 0.2) is 36.5 Å². The van der Waals surface area contributed by atoms with Crippen molar-refractivity contribution in [1.82, 2.24) is 19.7 Å². The normalized spacial score (nSPS) is 13.2. The molecule has 0 fully saturated rings. The van der Waals surface area contributed by atoms with Crippen LogP contribution < -0.4 is 5.12 Å². The van der Waals surface area contributed by atoms with Crippen LogP contribution >= 0.6 is 0 Å². The fraction of sp³-hybridized carbons (Fsp3) is 0.292. The van der Waals surface area contributed by atoms with E-state index in [0.717, 1.165) is 17.9 Å². The molecule has 0 unspecified atom stereocenters. The van der Waals surface area contributed by atoms with Crippen molar-refractivity contribution in [2.24, 2.45) is 7.05 Å². The molecule has 2 heterocycles. The summed E-state index contributed by atoms with van der Waals surface area (Å²) in [4.78, 5) is 7.47. The molecule has 2 aromatic heterocycles. The number of anilines is 1. The molecule has 5 rings (SSSR count). The quantitative estimate of drug-likeness (QED) is 0.269. The third-order valence-electron chi connectivity index (χ3n) is 5.84. The zero-order chi connectivity index (χ0) is 26.2. The van der Waals surface area contributed by atoms with Gasteiger partial charge in [0.15, 0.2) is 23.0 Å². The van der Waals surface area contributed by atoms with Crippen LogP contribution in [0.25, 0.3) is 22.3 Å². The molecule has 6 nitrogen and oxygen atoms in total. The number of hydrogen-bond donors (Lipinski definition) is 1. The van der Waals surface area contributed by atoms with E-state index in [2.05, 4.69) is 39.3 Å². The SMILES string of the molecule is CN(F)c1ncc2c(-c3cc(C(F)(F)F)c(F)c(O)c3F)nn(C)c2n1.c1ccc2c(c1)CCCC2. The van der Waals surface area contributed by atoms with Crippen LogP contribution in [-0.2, 0) is 26.1 Å². The highest BCUT2D eigenvalue weighted by molar-refractivity contribution is 5.91. The number of aromatic hydroxyl groups is 1. The summed E-state index contributed by atoms with van der Waals surface area (Å²) in [6.45, 7) is 0. The average Bonchev–Trinajstić information content (AvgIpc) is 3.18. The fourth-order valence-electron chi connectivity index (χ4n) is 4.05. The molecular weight excluding hydrogens is 488 g/mol. The Hall–Kier alpha value is -3.83. The van der Waals surface area contributed by atoms with Crippen LogP contribution in [-0.4, -0.2) is 31.9 Å². The molecule has 0 atom stereocenters. The summed E-state index contributed by atoms with van der Waals surface area (Å²) < 4.78 is 80.9. The van der Waals surface area contributed by atoms with Crippen LogP contribution in [0.4, 0.5) is 32.4 Å². The van der Waals surface area contributed by atoms with Gasteiger partial charge < -0.3 is 5.11 Å². The number of phenols is 1. The van der Waals surface area contributed by atoms with Crippen molar-refractivity contribution in [3.8, 4) is 17.0 Å². The van der Waals surface area contributed by atoms with E-state index in [1.807, 2.05) is 0 Å². The van der Waals surface area contributed by atoms with Gasteiger partial charge in [-0.2, -0.15) is 28.4 Å². The van der Waals surface area contributed by atoms with Crippen LogP contribution in [0.2, 0.25) is 0 Å². The molecular formula is C24H21F6N5O. The van der Waals surface area contributed by atoms with Gasteiger partial charge in [0.25, 0.3) is 5.95 Å². The maximum absolute atomic E-state index is 14.2. The molecule has 2 aromatic carbocycles. The van der Waals surface area contributed by atoms with Crippen molar-refractivity contribution in [2.75, 3.05) is 12.2 Å². The number of nitrogens with zero attached hydrogens (tertiary/aromatic N) is 5. The lowest BCUT2D eigenvalue weighted by Gasteiger charge is -2.13. The Morgan fingerprint density at radius 2 is 1.64 bits per heavy atom. The van der Waals surface area contributed by atoms with Crippen LogP contribution in [0.1, 0.15) is 29.5 Å². The van der Waals surface area contributed by atoms with Crippen LogP contribution in [0.5, 0.6) is 5.75 Å². The molecule has 0 radical (unpaired) electrons. The highest BCUT2D eigenvalue weighted by atomic mass is 19.4. The summed E-state index contributed by atoms with van der Waals surface area (Å²) in [7, 11) is 2.36. The minimum absolute atomic E-state index is 0.00808. The van der Waals surface area contributed by atoms with Gasteiger partial charge in [-0.15, -0.1) is 0 Å². The summed E-state index contributed by atoms with van der Waals surface area (Å²) in [5.41, 5.74) is 0.126. The lowest BCUT2D eigenvalue weighted by atomic mass is 9.92. The topological polar surface area (TPSA) is 67.1 Å². The van der Waals surface area contributed by atoms with Crippen molar-refractivity contribution in [3.05, 3.63) is 64.9 Å². The van der Waals surface area contributed by atoms with E-state index in [-0.39, 0.29) is 33.9 Å². The minimum Gasteiger partial charge on any atom is -0.503 e. The molecule has 1 N–H and O–H groups in total. The summed E-state index contributed by atoms with van der Waals surface area (Å²) in [6, 6.07) is 9.00. The fourth-order valence-corrected chi connectivity index (χ4v) is 4.05. The Balaban J connectivity index is 0.000000251. The highest BCUT2D eigenvalue weighted by Gasteiger charge is 2.38. The lowest BCUT2D eigenvalue weighted by molar-refractivity contribution is -0.140. The van der Waals surface area contributed by atoms with Gasteiger partial charge >= 0.3 is 6.18 Å². The Labute approximate surface area is 201 Å². The summed E-state index contributed by atoms with van der Waals surface area (Å²) in [5.74, 6) is -5.89. The first-order valence-corrected chi connectivity index (χ1v) is 10.9. The van der Waals surface area contributed by atoms with E-state index in [0.29, 0.717) is 0 Å². The Morgan fingerprint density at radius 1 is 1.03 bits per heavy atom. The Morgan fingerprint density at radius 3 is 2.19 bits per heavy atom. The number of phenolic OH excluding ortho intramolecular Hbond substituents is 1. The number of aromatic nitrogens is 4. The Bertz CT molecular complexity index is 1390. The first-order chi connectivity index (χ1) is 17.0. The molecule has 0 amide bonds. The number of alkyl halides is 3. The zero-order valence-electron chi connectivity index (χ0n) is 19.2. The molecule has 0 aliphatic heterocycles. The summed E-state index contributed by atoms with van der Waals surface area (Å²) in [5, 5.41) is 13.3. The van der Waals surface area contributed by atoms with Gasteiger partial charge in [0.2, 0.25) is 0 Å². The third-order valence-corrected chi connectivity index (χ3v) is 5.84. The summed E-state index contributed by atoms with van der Waals surface area (Å²) in [6.07, 6.45) is 1.23. The van der Waals surface area contributed by atoms with Crippen molar-refractivity contribution in [3.63, 3.8) is 0 Å². The molecule has 0 saturated carbocycles. The maximum Gasteiger partial charge on any atom is 0.419 e. The number of fused-ring (bicyclic) bond motifs is 2. The van der Waals surface area contributed by atoms with Crippen LogP contribution in [0.3, 0.4) is 0 Å². The molecule has 0 saturated heterocycles.